The van der Waals surface area contributed by atoms with Crippen LogP contribution in [0, 0.1) is 23.2 Å². The Labute approximate surface area is 197 Å². The third kappa shape index (κ3) is 3.53. The van der Waals surface area contributed by atoms with Crippen LogP contribution in [0.15, 0.2) is 72.1 Å². The van der Waals surface area contributed by atoms with Crippen LogP contribution in [-0.4, -0.2) is 9.38 Å². The third-order valence-electron chi connectivity index (χ3n) is 5.36. The number of hydrogen-bond donors (Lipinski definition) is 1. The van der Waals surface area contributed by atoms with Gasteiger partial charge in [0, 0.05) is 14.6 Å². The molecule has 154 valence electrons. The Balaban J connectivity index is 1.82. The first-order valence-corrected chi connectivity index (χ1v) is 11.8. The van der Waals surface area contributed by atoms with E-state index in [0.717, 1.165) is 42.4 Å². The molecule has 2 heterocycles. The molecular weight excluding hydrogens is 520 g/mol. The van der Waals surface area contributed by atoms with Crippen LogP contribution in [-0.2, 0) is 0 Å². The summed E-state index contributed by atoms with van der Waals surface area (Å²) in [6.45, 7) is 4.15. The predicted octanol–water partition coefficient (Wildman–Crippen LogP) is 7.83. The van der Waals surface area contributed by atoms with Gasteiger partial charge in [0.25, 0.3) is 0 Å². The molecule has 1 N–H and O–H groups in total. The molecule has 0 unspecified atom stereocenters. The highest BCUT2D eigenvalue weighted by atomic mass is 127. The van der Waals surface area contributed by atoms with Crippen molar-refractivity contribution in [1.82, 2.24) is 9.38 Å². The molecule has 3 aromatic carbocycles. The van der Waals surface area contributed by atoms with Gasteiger partial charge in [-0.25, -0.2) is 9.37 Å². The van der Waals surface area contributed by atoms with Gasteiger partial charge in [0.15, 0.2) is 4.96 Å². The van der Waals surface area contributed by atoms with Crippen molar-refractivity contribution in [3.8, 4) is 22.5 Å². The van der Waals surface area contributed by atoms with Crippen molar-refractivity contribution in [3.05, 3.63) is 92.6 Å². The summed E-state index contributed by atoms with van der Waals surface area (Å²) in [6.07, 6.45) is 0. The first-order chi connectivity index (χ1) is 15.0. The van der Waals surface area contributed by atoms with E-state index in [2.05, 4.69) is 75.8 Å². The number of halogens is 2. The summed E-state index contributed by atoms with van der Waals surface area (Å²) in [5.41, 5.74) is 6.52. The minimum Gasteiger partial charge on any atom is -0.339 e. The summed E-state index contributed by atoms with van der Waals surface area (Å²) < 4.78 is 17.9. The van der Waals surface area contributed by atoms with Crippen molar-refractivity contribution in [2.45, 2.75) is 13.8 Å². The molecule has 0 atom stereocenters. The Kier molecular flexibility index (Phi) is 5.27. The van der Waals surface area contributed by atoms with E-state index in [9.17, 15) is 4.39 Å². The molecule has 0 aliphatic rings. The minimum absolute atomic E-state index is 0.275. The van der Waals surface area contributed by atoms with Gasteiger partial charge >= 0.3 is 0 Å². The van der Waals surface area contributed by atoms with Crippen LogP contribution in [0.25, 0.3) is 27.5 Å². The minimum atomic E-state index is -0.275. The maximum atomic E-state index is 15.0. The maximum absolute atomic E-state index is 15.0. The quantitative estimate of drug-likeness (QED) is 0.236. The highest BCUT2D eigenvalue weighted by Crippen LogP contribution is 2.40. The Hall–Kier alpha value is -2.71. The van der Waals surface area contributed by atoms with E-state index in [1.165, 1.54) is 6.07 Å². The lowest BCUT2D eigenvalue weighted by atomic mass is 10.1. The number of rotatable bonds is 4. The van der Waals surface area contributed by atoms with Crippen molar-refractivity contribution >= 4 is 50.4 Å². The summed E-state index contributed by atoms with van der Waals surface area (Å²) in [6, 6.07) is 21.5. The van der Waals surface area contributed by atoms with Crippen LogP contribution < -0.4 is 5.32 Å². The SMILES string of the molecule is Cc1cccc(C)c1Nc1c(-c2c(F)cccc2I)nc2scc(-c3ccccc3)n12. The lowest BCUT2D eigenvalue weighted by molar-refractivity contribution is 0.630. The molecule has 0 radical (unpaired) electrons. The summed E-state index contributed by atoms with van der Waals surface area (Å²) in [7, 11) is 0. The van der Waals surface area contributed by atoms with E-state index in [-0.39, 0.29) is 5.82 Å². The number of fused-ring (bicyclic) bond motifs is 1. The summed E-state index contributed by atoms with van der Waals surface area (Å²) in [5.74, 6) is 0.499. The van der Waals surface area contributed by atoms with Crippen molar-refractivity contribution in [2.75, 3.05) is 5.32 Å². The van der Waals surface area contributed by atoms with Crippen LogP contribution in [0.3, 0.4) is 0 Å². The van der Waals surface area contributed by atoms with Gasteiger partial charge in [-0.2, -0.15) is 0 Å². The van der Waals surface area contributed by atoms with E-state index >= 15 is 0 Å². The largest absolute Gasteiger partial charge is 0.339 e. The van der Waals surface area contributed by atoms with Gasteiger partial charge in [-0.15, -0.1) is 11.3 Å². The van der Waals surface area contributed by atoms with E-state index < -0.39 is 0 Å². The lowest BCUT2D eigenvalue weighted by Crippen LogP contribution is -2.02. The number of aryl methyl sites for hydroxylation is 2. The number of imidazole rings is 1. The standard InChI is InChI=1S/C25H19FIN3S/c1-15-8-6-9-16(2)22(15)28-24-23(21-18(26)12-7-13-19(21)27)29-25-30(24)20(14-31-25)17-10-4-3-5-11-17/h3-14,28H,1-2H3. The highest BCUT2D eigenvalue weighted by molar-refractivity contribution is 14.1. The second-order valence-corrected chi connectivity index (χ2v) is 9.40. The molecule has 0 aliphatic carbocycles. The number of para-hydroxylation sites is 1. The number of nitrogens with zero attached hydrogens (tertiary/aromatic N) is 2. The molecule has 0 fully saturated rings. The molecule has 6 heteroatoms. The topological polar surface area (TPSA) is 29.3 Å². The summed E-state index contributed by atoms with van der Waals surface area (Å²) in [5, 5.41) is 5.72. The van der Waals surface area contributed by atoms with Crippen LogP contribution in [0.4, 0.5) is 15.9 Å². The molecular formula is C25H19FIN3S. The fourth-order valence-electron chi connectivity index (χ4n) is 3.81. The van der Waals surface area contributed by atoms with Gasteiger partial charge in [0.2, 0.25) is 0 Å². The molecule has 0 saturated heterocycles. The predicted molar refractivity (Wildman–Crippen MR) is 136 cm³/mol. The molecule has 0 amide bonds. The van der Waals surface area contributed by atoms with Gasteiger partial charge in [-0.1, -0.05) is 54.6 Å². The zero-order valence-electron chi connectivity index (χ0n) is 17.0. The summed E-state index contributed by atoms with van der Waals surface area (Å²) >= 11 is 3.74. The van der Waals surface area contributed by atoms with Crippen molar-refractivity contribution in [1.29, 1.82) is 0 Å². The van der Waals surface area contributed by atoms with E-state index in [4.69, 9.17) is 4.98 Å². The Bertz CT molecular complexity index is 1370. The van der Waals surface area contributed by atoms with Crippen molar-refractivity contribution in [3.63, 3.8) is 0 Å². The number of thiazole rings is 1. The zero-order chi connectivity index (χ0) is 21.5. The Morgan fingerprint density at radius 2 is 1.65 bits per heavy atom. The summed E-state index contributed by atoms with van der Waals surface area (Å²) in [4.78, 5) is 5.70. The molecule has 31 heavy (non-hydrogen) atoms. The van der Waals surface area contributed by atoms with Crippen molar-refractivity contribution < 1.29 is 4.39 Å². The highest BCUT2D eigenvalue weighted by Gasteiger charge is 2.23. The van der Waals surface area contributed by atoms with Crippen LogP contribution in [0.5, 0.6) is 0 Å². The fraction of sp³-hybridized carbons (Fsp3) is 0.0800. The van der Waals surface area contributed by atoms with E-state index in [0.29, 0.717) is 11.3 Å². The normalized spacial score (nSPS) is 11.2. The van der Waals surface area contributed by atoms with Gasteiger partial charge in [0.1, 0.15) is 17.3 Å². The van der Waals surface area contributed by atoms with Gasteiger partial charge in [-0.05, 0) is 65.3 Å². The molecule has 0 aliphatic heterocycles. The second kappa shape index (κ2) is 8.09. The average molecular weight is 539 g/mol. The Morgan fingerprint density at radius 1 is 0.935 bits per heavy atom. The van der Waals surface area contributed by atoms with Gasteiger partial charge < -0.3 is 5.32 Å². The lowest BCUT2D eigenvalue weighted by Gasteiger charge is -2.15. The Morgan fingerprint density at radius 3 is 2.35 bits per heavy atom. The number of hydrogen-bond acceptors (Lipinski definition) is 3. The van der Waals surface area contributed by atoms with Gasteiger partial charge in [0.05, 0.1) is 11.3 Å². The first-order valence-electron chi connectivity index (χ1n) is 9.87. The first kappa shape index (κ1) is 20.2. The fourth-order valence-corrected chi connectivity index (χ4v) is 5.43. The van der Waals surface area contributed by atoms with Crippen LogP contribution in [0.1, 0.15) is 11.1 Å². The van der Waals surface area contributed by atoms with E-state index in [1.807, 2.05) is 30.3 Å². The molecule has 2 aromatic heterocycles. The van der Waals surface area contributed by atoms with Gasteiger partial charge in [-0.3, -0.25) is 4.40 Å². The number of aromatic nitrogens is 2. The van der Waals surface area contributed by atoms with Crippen molar-refractivity contribution in [2.24, 2.45) is 0 Å². The molecule has 3 nitrogen and oxygen atoms in total. The molecule has 0 spiro atoms. The van der Waals surface area contributed by atoms with Crippen LogP contribution >= 0.6 is 33.9 Å². The number of anilines is 2. The monoisotopic (exact) mass is 539 g/mol. The smallest absolute Gasteiger partial charge is 0.196 e. The number of nitrogens with one attached hydrogen (secondary N) is 1. The molecule has 5 aromatic rings. The molecule has 0 saturated carbocycles. The maximum Gasteiger partial charge on any atom is 0.196 e. The molecule has 5 rings (SSSR count). The second-order valence-electron chi connectivity index (χ2n) is 7.40. The zero-order valence-corrected chi connectivity index (χ0v) is 20.0. The van der Waals surface area contributed by atoms with E-state index in [1.54, 1.807) is 17.4 Å². The molecule has 0 bridgehead atoms. The average Bonchev–Trinajstić information content (AvgIpc) is 3.31. The third-order valence-corrected chi connectivity index (χ3v) is 7.08. The number of benzene rings is 3. The van der Waals surface area contributed by atoms with Crippen LogP contribution in [0.2, 0.25) is 0 Å².